The van der Waals surface area contributed by atoms with Gasteiger partial charge in [0, 0.05) is 73.7 Å². The Bertz CT molecular complexity index is 3540. The van der Waals surface area contributed by atoms with E-state index in [-0.39, 0.29) is 52.7 Å². The van der Waals surface area contributed by atoms with Crippen molar-refractivity contribution in [3.05, 3.63) is 80.9 Å². The molecule has 6 fully saturated rings. The number of amides is 4. The van der Waals surface area contributed by atoms with Gasteiger partial charge in [-0.2, -0.15) is 0 Å². The fraction of sp³-hybridized carbons (Fsp3) is 0.464. The molecule has 448 valence electrons. The lowest BCUT2D eigenvalue weighted by atomic mass is 9.94. The maximum atomic E-state index is 12.5. The summed E-state index contributed by atoms with van der Waals surface area (Å²) < 4.78 is 25.4. The van der Waals surface area contributed by atoms with Gasteiger partial charge in [0.2, 0.25) is 5.82 Å². The normalized spacial score (nSPS) is 24.0. The van der Waals surface area contributed by atoms with Crippen molar-refractivity contribution in [2.75, 3.05) is 37.6 Å². The van der Waals surface area contributed by atoms with E-state index >= 15 is 0 Å². The van der Waals surface area contributed by atoms with Gasteiger partial charge < -0.3 is 71.3 Å². The Labute approximate surface area is 510 Å². The first kappa shape index (κ1) is 60.9. The van der Waals surface area contributed by atoms with Crippen LogP contribution in [0.4, 0.5) is 21.2 Å². The van der Waals surface area contributed by atoms with Gasteiger partial charge in [-0.3, -0.25) is 18.7 Å². The van der Waals surface area contributed by atoms with Crippen molar-refractivity contribution < 1.29 is 58.6 Å². The highest BCUT2D eigenvalue weighted by atomic mass is 127. The fourth-order valence-corrected chi connectivity index (χ4v) is 10.8. The van der Waals surface area contributed by atoms with Crippen LogP contribution in [-0.4, -0.2) is 168 Å². The molecule has 0 radical (unpaired) electrons. The number of benzene rings is 2. The molecule has 26 nitrogen and oxygen atoms in total. The van der Waals surface area contributed by atoms with E-state index in [0.29, 0.717) is 75.1 Å². The number of para-hydroxylation sites is 2. The number of piperidine rings is 2. The Kier molecular flexibility index (Phi) is 19.4. The zero-order valence-electron chi connectivity index (χ0n) is 45.5. The first-order chi connectivity index (χ1) is 40.9. The standard InChI is InChI=1S/C28H30ClN7O6.C15H16ClNO2.C13H15IN6O4/c29-17-5-1-2-6-18(17)41-28(40)35-12-10-15(11-13-35)4-3-7-19-33-24(30)20-25(34-19)36(14-31-20)27-22(38)21(37)23(42-27)26(39)32-16-8-9-16;1-2-5-12-8-10-17(11-9-12)15(18)19-14-7-4-3-6-13(14)16;14-13-18-9(15)5-10(19-13)20(3-16-5)12-7(22)6(21)8(24-12)11(23)17-4-1-2-4/h1-2,5-6,14-16,21-23,27,37-38H,4,8-13H2,(H,32,39)(H2,30,33,34);1,3-4,6-7,12H,5,8-11H2;3-4,6-8,12,21-22H,1-2H2,(H,17,23)(H2,15,18,19)/t21-,22?,23+,27-;;6-,7?,8+,12-/m1.1/s1. The van der Waals surface area contributed by atoms with Crippen molar-refractivity contribution in [1.29, 1.82) is 0 Å². The SMILES string of the molecule is C#CCC1CCN(C(=O)Oc2ccccc2Cl)CC1.Nc1nc(C#CCC2CCN(C(=O)Oc3ccccc3Cl)CC2)nc2c1ncn2[C@@H]1O[C@H](C(=O)NC2CC2)[C@H](O)C1O.Nc1nc(I)nc2c1ncn2[C@@H]1O[C@H](C(=O)NC2CC2)[C@H](O)C1O. The molecule has 8 atom stereocenters. The Balaban J connectivity index is 0.000000157. The second-order valence-corrected chi connectivity index (χ2v) is 23.0. The second-order valence-electron chi connectivity index (χ2n) is 21.3. The van der Waals surface area contributed by atoms with Crippen LogP contribution in [-0.2, 0) is 19.1 Å². The van der Waals surface area contributed by atoms with Gasteiger partial charge in [-0.1, -0.05) is 53.4 Å². The summed E-state index contributed by atoms with van der Waals surface area (Å²) in [4.78, 5) is 77.9. The van der Waals surface area contributed by atoms with Gasteiger partial charge in [0.05, 0.1) is 22.7 Å². The summed E-state index contributed by atoms with van der Waals surface area (Å²) in [6.07, 6.45) is 5.70. The Hall–Kier alpha value is -7.19. The van der Waals surface area contributed by atoms with Crippen LogP contribution >= 0.6 is 45.8 Å². The van der Waals surface area contributed by atoms with E-state index in [1.807, 2.05) is 22.6 Å². The maximum Gasteiger partial charge on any atom is 0.415 e. The van der Waals surface area contributed by atoms with Gasteiger partial charge in [0.15, 0.2) is 62.9 Å². The van der Waals surface area contributed by atoms with Crippen molar-refractivity contribution >= 4 is 104 Å². The Morgan fingerprint density at radius 3 is 1.52 bits per heavy atom. The number of nitrogens with two attached hydrogens (primary N) is 2. The molecule has 4 aromatic heterocycles. The number of hydrogen-bond donors (Lipinski definition) is 8. The molecule has 6 aromatic rings. The molecule has 8 heterocycles. The molecule has 10 N–H and O–H groups in total. The number of aliphatic hydroxyl groups is 4. The number of ether oxygens (including phenoxy) is 4. The highest BCUT2D eigenvalue weighted by Crippen LogP contribution is 2.36. The number of halogens is 3. The average Bonchev–Trinajstić information content (AvgIpc) is 3.50. The van der Waals surface area contributed by atoms with Crippen LogP contribution in [0.1, 0.15) is 82.5 Å². The quantitative estimate of drug-likeness (QED) is 0.0544. The lowest BCUT2D eigenvalue weighted by Gasteiger charge is -2.30. The minimum absolute atomic E-state index is 0.0792. The van der Waals surface area contributed by atoms with E-state index in [1.54, 1.807) is 58.3 Å². The van der Waals surface area contributed by atoms with E-state index in [1.165, 1.54) is 21.8 Å². The van der Waals surface area contributed by atoms with Crippen LogP contribution in [0.5, 0.6) is 11.5 Å². The van der Waals surface area contributed by atoms with Crippen LogP contribution in [0.2, 0.25) is 10.0 Å². The highest BCUT2D eigenvalue weighted by Gasteiger charge is 2.50. The molecule has 0 spiro atoms. The van der Waals surface area contributed by atoms with E-state index in [4.69, 9.17) is 60.0 Å². The number of nitrogens with one attached hydrogen (secondary N) is 2. The number of nitrogen functional groups attached to an aromatic ring is 2. The molecular formula is C56H61Cl2IN14O12. The Morgan fingerprint density at radius 1 is 0.635 bits per heavy atom. The minimum atomic E-state index is -1.42. The maximum absolute atomic E-state index is 12.5. The summed E-state index contributed by atoms with van der Waals surface area (Å²) in [5, 5.41) is 48.0. The molecule has 4 amide bonds. The number of hydrogen-bond acceptors (Lipinski definition) is 20. The summed E-state index contributed by atoms with van der Waals surface area (Å²) in [6.45, 7) is 2.46. The lowest BCUT2D eigenvalue weighted by molar-refractivity contribution is -0.138. The van der Waals surface area contributed by atoms with Crippen molar-refractivity contribution in [3.8, 4) is 35.7 Å². The number of terminal acetylenes is 1. The molecule has 29 heteroatoms. The molecule has 2 saturated carbocycles. The molecule has 85 heavy (non-hydrogen) atoms. The number of likely N-dealkylation sites (tertiary alicyclic amines) is 2. The first-order valence-electron chi connectivity index (χ1n) is 27.6. The number of fused-ring (bicyclic) bond motifs is 2. The van der Waals surface area contributed by atoms with Crippen LogP contribution in [0.25, 0.3) is 22.3 Å². The van der Waals surface area contributed by atoms with Crippen LogP contribution in [0.3, 0.4) is 0 Å². The Morgan fingerprint density at radius 2 is 1.07 bits per heavy atom. The zero-order valence-corrected chi connectivity index (χ0v) is 49.2. The second kappa shape index (κ2) is 27.0. The number of carbonyl (C=O) groups is 4. The van der Waals surface area contributed by atoms with Gasteiger partial charge in [0.1, 0.15) is 35.4 Å². The minimum Gasteiger partial charge on any atom is -0.409 e. The van der Waals surface area contributed by atoms with Crippen molar-refractivity contribution in [2.24, 2.45) is 11.8 Å². The molecule has 6 aliphatic rings. The third-order valence-electron chi connectivity index (χ3n) is 15.1. The largest absolute Gasteiger partial charge is 0.415 e. The van der Waals surface area contributed by atoms with Crippen molar-refractivity contribution in [1.82, 2.24) is 59.5 Å². The third-order valence-corrected chi connectivity index (χ3v) is 16.2. The summed E-state index contributed by atoms with van der Waals surface area (Å²) in [5.74, 6) is 9.84. The number of carbonyl (C=O) groups excluding carboxylic acids is 4. The zero-order chi connectivity index (χ0) is 60.1. The molecular weight excluding hydrogens is 1260 g/mol. The van der Waals surface area contributed by atoms with Crippen LogP contribution in [0, 0.1) is 39.9 Å². The molecule has 2 aliphatic carbocycles. The third kappa shape index (κ3) is 14.6. The van der Waals surface area contributed by atoms with E-state index in [0.717, 1.165) is 57.8 Å². The summed E-state index contributed by atoms with van der Waals surface area (Å²) >= 11 is 14.0. The molecule has 4 saturated heterocycles. The van der Waals surface area contributed by atoms with Crippen molar-refractivity contribution in [2.45, 2.75) is 125 Å². The highest BCUT2D eigenvalue weighted by molar-refractivity contribution is 14.1. The smallest absolute Gasteiger partial charge is 0.409 e. The molecule has 2 unspecified atom stereocenters. The van der Waals surface area contributed by atoms with Crippen molar-refractivity contribution in [3.63, 3.8) is 0 Å². The molecule has 0 bridgehead atoms. The van der Waals surface area contributed by atoms with E-state index < -0.39 is 67.0 Å². The predicted octanol–water partition coefficient (Wildman–Crippen LogP) is 4.10. The number of rotatable bonds is 10. The van der Waals surface area contributed by atoms with Gasteiger partial charge >= 0.3 is 12.2 Å². The predicted molar refractivity (Wildman–Crippen MR) is 315 cm³/mol. The van der Waals surface area contributed by atoms with Gasteiger partial charge in [-0.05, 0) is 93.4 Å². The average molecular weight is 1320 g/mol. The number of aliphatic hydroxyl groups excluding tert-OH is 4. The summed E-state index contributed by atoms with van der Waals surface area (Å²) in [7, 11) is 0. The van der Waals surface area contributed by atoms with Gasteiger partial charge in [0.25, 0.3) is 11.8 Å². The fourth-order valence-electron chi connectivity index (χ4n) is 9.96. The number of anilines is 2. The number of nitrogens with zero attached hydrogens (tertiary/aromatic N) is 10. The van der Waals surface area contributed by atoms with E-state index in [9.17, 15) is 39.6 Å². The molecule has 2 aromatic carbocycles. The monoisotopic (exact) mass is 1320 g/mol. The van der Waals surface area contributed by atoms with Gasteiger partial charge in [-0.15, -0.1) is 12.3 Å². The summed E-state index contributed by atoms with van der Waals surface area (Å²) in [6, 6.07) is 14.0. The summed E-state index contributed by atoms with van der Waals surface area (Å²) in [5.41, 5.74) is 13.2. The molecule has 12 rings (SSSR count). The van der Waals surface area contributed by atoms with Crippen LogP contribution in [0.15, 0.2) is 61.2 Å². The van der Waals surface area contributed by atoms with Gasteiger partial charge in [-0.25, -0.2) is 39.5 Å². The lowest BCUT2D eigenvalue weighted by Crippen LogP contribution is -2.43. The number of imidazole rings is 2. The van der Waals surface area contributed by atoms with E-state index in [2.05, 4.69) is 58.3 Å². The molecule has 4 aliphatic heterocycles. The first-order valence-corrected chi connectivity index (χ1v) is 29.4. The topological polar surface area (TPSA) is 356 Å². The number of aromatic nitrogens is 8. The van der Waals surface area contributed by atoms with Crippen LogP contribution < -0.4 is 31.6 Å².